The third kappa shape index (κ3) is 5.99. The minimum atomic E-state index is -4.63. The van der Waals surface area contributed by atoms with Crippen LogP contribution in [0.2, 0.25) is 5.02 Å². The fourth-order valence-electron chi connectivity index (χ4n) is 3.30. The molecule has 0 radical (unpaired) electrons. The van der Waals surface area contributed by atoms with Crippen LogP contribution >= 0.6 is 11.6 Å². The molecule has 1 N–H and O–H groups in total. The first-order valence-corrected chi connectivity index (χ1v) is 10.5. The number of rotatable bonds is 7. The van der Waals surface area contributed by atoms with E-state index in [1.54, 1.807) is 12.1 Å². The molecule has 1 amide bonds. The van der Waals surface area contributed by atoms with Gasteiger partial charge in [0.1, 0.15) is 18.1 Å². The van der Waals surface area contributed by atoms with Crippen LogP contribution in [0.5, 0.6) is 11.5 Å². The van der Waals surface area contributed by atoms with Crippen LogP contribution in [0.1, 0.15) is 46.8 Å². The van der Waals surface area contributed by atoms with Crippen LogP contribution in [0.4, 0.5) is 18.9 Å². The number of carbonyl (C=O) groups excluding carboxylic acids is 1. The normalized spacial score (nSPS) is 11.4. The van der Waals surface area contributed by atoms with Gasteiger partial charge in [0.2, 0.25) is 0 Å². The molecule has 0 unspecified atom stereocenters. The number of benzene rings is 3. The van der Waals surface area contributed by atoms with E-state index < -0.39 is 22.7 Å². The summed E-state index contributed by atoms with van der Waals surface area (Å²) in [6.45, 7) is 4.27. The van der Waals surface area contributed by atoms with Gasteiger partial charge in [0.25, 0.3) is 5.91 Å². The molecule has 0 saturated carbocycles. The zero-order valence-electron chi connectivity index (χ0n) is 18.3. The summed E-state index contributed by atoms with van der Waals surface area (Å²) in [6.07, 6.45) is -4.63. The quantitative estimate of drug-likeness (QED) is 0.387. The van der Waals surface area contributed by atoms with E-state index in [1.165, 1.54) is 19.2 Å². The molecule has 0 fully saturated rings. The molecule has 0 aliphatic carbocycles. The lowest BCUT2D eigenvalue weighted by Gasteiger charge is -2.16. The van der Waals surface area contributed by atoms with Gasteiger partial charge in [-0.3, -0.25) is 4.79 Å². The topological polar surface area (TPSA) is 47.6 Å². The minimum Gasteiger partial charge on any atom is -0.496 e. The molecule has 0 bridgehead atoms. The Kier molecular flexibility index (Phi) is 7.53. The lowest BCUT2D eigenvalue weighted by atomic mass is 10.0. The largest absolute Gasteiger partial charge is 0.496 e. The second-order valence-electron chi connectivity index (χ2n) is 7.65. The molecule has 3 aromatic carbocycles. The Labute approximate surface area is 195 Å². The predicted molar refractivity (Wildman–Crippen MR) is 122 cm³/mol. The van der Waals surface area contributed by atoms with Gasteiger partial charge in [-0.15, -0.1) is 0 Å². The molecule has 3 rings (SSSR count). The Morgan fingerprint density at radius 2 is 1.76 bits per heavy atom. The smallest absolute Gasteiger partial charge is 0.417 e. The third-order valence-electron chi connectivity index (χ3n) is 5.00. The standard InChI is InChI=1S/C25H23ClF3NO3/c1-15(2)19-6-4-5-7-23(19)33-14-17-12-16(8-11-22(17)32-3)24(31)30-18-9-10-21(26)20(13-18)25(27,28)29/h4-13,15H,14H2,1-3H3,(H,30,31). The molecule has 0 aromatic heterocycles. The van der Waals surface area contributed by atoms with E-state index in [9.17, 15) is 18.0 Å². The van der Waals surface area contributed by atoms with Gasteiger partial charge in [0, 0.05) is 16.8 Å². The molecule has 174 valence electrons. The Bertz CT molecular complexity index is 1150. The molecule has 0 saturated heterocycles. The van der Waals surface area contributed by atoms with E-state index in [0.717, 1.165) is 23.4 Å². The van der Waals surface area contributed by atoms with E-state index in [0.29, 0.717) is 11.3 Å². The van der Waals surface area contributed by atoms with Crippen molar-refractivity contribution in [1.29, 1.82) is 0 Å². The van der Waals surface area contributed by atoms with Gasteiger partial charge >= 0.3 is 6.18 Å². The number of amides is 1. The molecule has 0 aliphatic heterocycles. The first-order chi connectivity index (χ1) is 15.6. The average Bonchev–Trinajstić information content (AvgIpc) is 2.78. The molecular weight excluding hydrogens is 455 g/mol. The van der Waals surface area contributed by atoms with Crippen molar-refractivity contribution >= 4 is 23.2 Å². The molecule has 0 heterocycles. The number of para-hydroxylation sites is 1. The summed E-state index contributed by atoms with van der Waals surface area (Å²) in [7, 11) is 1.51. The number of alkyl halides is 3. The van der Waals surface area contributed by atoms with Crippen molar-refractivity contribution in [2.75, 3.05) is 12.4 Å². The minimum absolute atomic E-state index is 0.0174. The Hall–Kier alpha value is -3.19. The van der Waals surface area contributed by atoms with Crippen LogP contribution in [-0.2, 0) is 12.8 Å². The Morgan fingerprint density at radius 1 is 1.03 bits per heavy atom. The van der Waals surface area contributed by atoms with Gasteiger partial charge in [-0.25, -0.2) is 0 Å². The first-order valence-electron chi connectivity index (χ1n) is 10.2. The summed E-state index contributed by atoms with van der Waals surface area (Å²) >= 11 is 5.64. The van der Waals surface area contributed by atoms with Crippen molar-refractivity contribution in [2.24, 2.45) is 0 Å². The predicted octanol–water partition coefficient (Wildman–Crippen LogP) is 7.32. The van der Waals surface area contributed by atoms with Gasteiger partial charge in [-0.1, -0.05) is 43.6 Å². The monoisotopic (exact) mass is 477 g/mol. The number of carbonyl (C=O) groups is 1. The molecule has 3 aromatic rings. The van der Waals surface area contributed by atoms with E-state index >= 15 is 0 Å². The van der Waals surface area contributed by atoms with Crippen molar-refractivity contribution in [3.63, 3.8) is 0 Å². The summed E-state index contributed by atoms with van der Waals surface area (Å²) in [4.78, 5) is 12.7. The van der Waals surface area contributed by atoms with Crippen LogP contribution in [-0.4, -0.2) is 13.0 Å². The van der Waals surface area contributed by atoms with Crippen LogP contribution in [0.25, 0.3) is 0 Å². The van der Waals surface area contributed by atoms with Crippen molar-refractivity contribution < 1.29 is 27.4 Å². The molecular formula is C25H23ClF3NO3. The molecule has 4 nitrogen and oxygen atoms in total. The van der Waals surface area contributed by atoms with E-state index in [2.05, 4.69) is 19.2 Å². The number of nitrogens with one attached hydrogen (secondary N) is 1. The third-order valence-corrected chi connectivity index (χ3v) is 5.33. The highest BCUT2D eigenvalue weighted by Crippen LogP contribution is 2.36. The van der Waals surface area contributed by atoms with E-state index in [1.807, 2.05) is 24.3 Å². The van der Waals surface area contributed by atoms with Crippen LogP contribution in [0, 0.1) is 0 Å². The number of hydrogen-bond donors (Lipinski definition) is 1. The van der Waals surface area contributed by atoms with Gasteiger partial charge in [0.15, 0.2) is 0 Å². The van der Waals surface area contributed by atoms with Crippen LogP contribution < -0.4 is 14.8 Å². The van der Waals surface area contributed by atoms with Crippen molar-refractivity contribution in [1.82, 2.24) is 0 Å². The second-order valence-corrected chi connectivity index (χ2v) is 8.06. The summed E-state index contributed by atoms with van der Waals surface area (Å²) in [5, 5.41) is 2.04. The number of methoxy groups -OCH3 is 1. The first kappa shape index (κ1) is 24.5. The van der Waals surface area contributed by atoms with Gasteiger partial charge in [0.05, 0.1) is 17.7 Å². The zero-order valence-corrected chi connectivity index (χ0v) is 19.1. The van der Waals surface area contributed by atoms with Crippen molar-refractivity contribution in [3.8, 4) is 11.5 Å². The number of halogens is 4. The maximum atomic E-state index is 13.1. The maximum Gasteiger partial charge on any atom is 0.417 e. The van der Waals surface area contributed by atoms with Gasteiger partial charge in [-0.2, -0.15) is 13.2 Å². The maximum absolute atomic E-state index is 13.1. The average molecular weight is 478 g/mol. The summed E-state index contributed by atoms with van der Waals surface area (Å²) in [6, 6.07) is 15.6. The Morgan fingerprint density at radius 3 is 2.42 bits per heavy atom. The molecule has 0 atom stereocenters. The van der Waals surface area contributed by atoms with Crippen LogP contribution in [0.15, 0.2) is 60.7 Å². The van der Waals surface area contributed by atoms with Gasteiger partial charge in [-0.05, 0) is 53.9 Å². The fraction of sp³-hybridized carbons (Fsp3) is 0.240. The number of anilines is 1. The fourth-order valence-corrected chi connectivity index (χ4v) is 3.53. The zero-order chi connectivity index (χ0) is 24.2. The lowest BCUT2D eigenvalue weighted by Crippen LogP contribution is -2.14. The Balaban J connectivity index is 1.81. The summed E-state index contributed by atoms with van der Waals surface area (Å²) < 4.78 is 50.7. The number of ether oxygens (including phenoxy) is 2. The SMILES string of the molecule is COc1ccc(C(=O)Nc2ccc(Cl)c(C(F)(F)F)c2)cc1COc1ccccc1C(C)C. The van der Waals surface area contributed by atoms with Crippen LogP contribution in [0.3, 0.4) is 0 Å². The molecule has 0 spiro atoms. The number of hydrogen-bond acceptors (Lipinski definition) is 3. The highest BCUT2D eigenvalue weighted by Gasteiger charge is 2.33. The highest BCUT2D eigenvalue weighted by molar-refractivity contribution is 6.31. The lowest BCUT2D eigenvalue weighted by molar-refractivity contribution is -0.137. The highest BCUT2D eigenvalue weighted by atomic mass is 35.5. The molecule has 0 aliphatic rings. The molecule has 8 heteroatoms. The van der Waals surface area contributed by atoms with E-state index in [-0.39, 0.29) is 23.8 Å². The van der Waals surface area contributed by atoms with Crippen molar-refractivity contribution in [3.05, 3.63) is 87.9 Å². The summed E-state index contributed by atoms with van der Waals surface area (Å²) in [5.74, 6) is 0.947. The molecule has 33 heavy (non-hydrogen) atoms. The van der Waals surface area contributed by atoms with E-state index in [4.69, 9.17) is 21.1 Å². The van der Waals surface area contributed by atoms with Crippen molar-refractivity contribution in [2.45, 2.75) is 32.5 Å². The van der Waals surface area contributed by atoms with Gasteiger partial charge < -0.3 is 14.8 Å². The summed E-state index contributed by atoms with van der Waals surface area (Å²) in [5.41, 5.74) is 0.880. The second kappa shape index (κ2) is 10.2.